The average molecular weight is 226 g/mol. The van der Waals surface area contributed by atoms with Gasteiger partial charge in [-0.3, -0.25) is 9.59 Å². The Kier molecular flexibility index (Phi) is 2.88. The van der Waals surface area contributed by atoms with E-state index in [1.165, 1.54) is 7.11 Å². The van der Waals surface area contributed by atoms with Crippen molar-refractivity contribution < 1.29 is 14.3 Å². The van der Waals surface area contributed by atoms with Gasteiger partial charge in [0.15, 0.2) is 0 Å². The Morgan fingerprint density at radius 1 is 1.69 bits per heavy atom. The lowest BCUT2D eigenvalue weighted by molar-refractivity contribution is -0.141. The molecule has 0 bridgehead atoms. The number of nitrogens with one attached hydrogen (secondary N) is 1. The van der Waals surface area contributed by atoms with E-state index in [9.17, 15) is 9.59 Å². The number of amides is 1. The molecule has 5 nitrogen and oxygen atoms in total. The quantitative estimate of drug-likeness (QED) is 0.660. The van der Waals surface area contributed by atoms with Crippen LogP contribution < -0.4 is 11.1 Å². The predicted octanol–water partition coefficient (Wildman–Crippen LogP) is -0.0644. The Morgan fingerprint density at radius 3 is 2.88 bits per heavy atom. The summed E-state index contributed by atoms with van der Waals surface area (Å²) in [5, 5.41) is 2.99. The molecule has 1 spiro atoms. The lowest BCUT2D eigenvalue weighted by Gasteiger charge is -2.29. The van der Waals surface area contributed by atoms with Gasteiger partial charge in [0.05, 0.1) is 12.6 Å². The van der Waals surface area contributed by atoms with Crippen LogP contribution in [0.1, 0.15) is 32.1 Å². The van der Waals surface area contributed by atoms with Gasteiger partial charge in [-0.1, -0.05) is 0 Å². The van der Waals surface area contributed by atoms with Gasteiger partial charge in [-0.15, -0.1) is 0 Å². The molecule has 1 amide bonds. The third-order valence-electron chi connectivity index (χ3n) is 3.74. The highest BCUT2D eigenvalue weighted by atomic mass is 16.5. The van der Waals surface area contributed by atoms with Crippen molar-refractivity contribution >= 4 is 11.9 Å². The van der Waals surface area contributed by atoms with Crippen molar-refractivity contribution in [2.75, 3.05) is 7.11 Å². The standard InChI is InChI=1S/C11H18N2O3/c1-16-9(14)3-2-7-4-5-11(6-8(11)12)13-10(7)15/h7-8H,2-6,12H2,1H3,(H,13,15)/t7-,8+,11+/m1/s1. The maximum Gasteiger partial charge on any atom is 0.305 e. The summed E-state index contributed by atoms with van der Waals surface area (Å²) < 4.78 is 4.56. The monoisotopic (exact) mass is 226 g/mol. The Morgan fingerprint density at radius 2 is 2.38 bits per heavy atom. The lowest BCUT2D eigenvalue weighted by atomic mass is 9.89. The highest BCUT2D eigenvalue weighted by Crippen LogP contribution is 2.43. The molecular formula is C11H18N2O3. The Balaban J connectivity index is 1.81. The zero-order valence-corrected chi connectivity index (χ0v) is 9.49. The number of hydrogen-bond acceptors (Lipinski definition) is 4. The molecule has 5 heteroatoms. The maximum atomic E-state index is 11.8. The van der Waals surface area contributed by atoms with Gasteiger partial charge >= 0.3 is 5.97 Å². The largest absolute Gasteiger partial charge is 0.469 e. The molecule has 1 saturated heterocycles. The summed E-state index contributed by atoms with van der Waals surface area (Å²) >= 11 is 0. The van der Waals surface area contributed by atoms with Crippen molar-refractivity contribution in [2.24, 2.45) is 11.7 Å². The second-order valence-corrected chi connectivity index (χ2v) is 4.81. The van der Waals surface area contributed by atoms with E-state index in [0.29, 0.717) is 12.8 Å². The summed E-state index contributed by atoms with van der Waals surface area (Å²) in [6.45, 7) is 0. The van der Waals surface area contributed by atoms with E-state index in [4.69, 9.17) is 5.73 Å². The molecule has 0 aromatic rings. The summed E-state index contributed by atoms with van der Waals surface area (Å²) in [4.78, 5) is 22.8. The zero-order chi connectivity index (χ0) is 11.8. The summed E-state index contributed by atoms with van der Waals surface area (Å²) in [6, 6.07) is 0.123. The highest BCUT2D eigenvalue weighted by molar-refractivity contribution is 5.82. The minimum Gasteiger partial charge on any atom is -0.469 e. The Bertz CT molecular complexity index is 318. The fraction of sp³-hybridized carbons (Fsp3) is 0.818. The zero-order valence-electron chi connectivity index (χ0n) is 9.49. The smallest absolute Gasteiger partial charge is 0.305 e. The molecule has 1 aliphatic carbocycles. The molecule has 2 rings (SSSR count). The molecule has 16 heavy (non-hydrogen) atoms. The number of carbonyl (C=O) groups is 2. The molecule has 1 heterocycles. The fourth-order valence-corrected chi connectivity index (χ4v) is 2.41. The van der Waals surface area contributed by atoms with Crippen molar-refractivity contribution in [3.63, 3.8) is 0 Å². The van der Waals surface area contributed by atoms with Gasteiger partial charge in [0.25, 0.3) is 0 Å². The van der Waals surface area contributed by atoms with E-state index in [-0.39, 0.29) is 29.4 Å². The number of nitrogens with two attached hydrogens (primary N) is 1. The van der Waals surface area contributed by atoms with Crippen LogP contribution in [0.25, 0.3) is 0 Å². The van der Waals surface area contributed by atoms with E-state index in [1.54, 1.807) is 0 Å². The number of esters is 1. The number of carbonyl (C=O) groups excluding carboxylic acids is 2. The number of ether oxygens (including phenoxy) is 1. The topological polar surface area (TPSA) is 81.4 Å². The van der Waals surface area contributed by atoms with Gasteiger partial charge in [-0.25, -0.2) is 0 Å². The Hall–Kier alpha value is -1.10. The van der Waals surface area contributed by atoms with Crippen molar-refractivity contribution in [1.82, 2.24) is 5.32 Å². The van der Waals surface area contributed by atoms with Crippen LogP contribution in [0.4, 0.5) is 0 Å². The highest BCUT2D eigenvalue weighted by Gasteiger charge is 2.55. The molecular weight excluding hydrogens is 208 g/mol. The van der Waals surface area contributed by atoms with E-state index < -0.39 is 0 Å². The van der Waals surface area contributed by atoms with Gasteiger partial charge < -0.3 is 15.8 Å². The lowest BCUT2D eigenvalue weighted by Crippen LogP contribution is -2.49. The van der Waals surface area contributed by atoms with Gasteiger partial charge in [0.1, 0.15) is 0 Å². The van der Waals surface area contributed by atoms with E-state index in [0.717, 1.165) is 19.3 Å². The summed E-state index contributed by atoms with van der Waals surface area (Å²) in [7, 11) is 1.36. The second-order valence-electron chi connectivity index (χ2n) is 4.81. The molecule has 2 fully saturated rings. The van der Waals surface area contributed by atoms with Crippen molar-refractivity contribution in [2.45, 2.75) is 43.7 Å². The summed E-state index contributed by atoms with van der Waals surface area (Å²) in [5.41, 5.74) is 5.68. The first-order valence-corrected chi connectivity index (χ1v) is 5.72. The van der Waals surface area contributed by atoms with Crippen LogP contribution in [0.5, 0.6) is 0 Å². The molecule has 0 aromatic carbocycles. The molecule has 0 radical (unpaired) electrons. The van der Waals surface area contributed by atoms with Gasteiger partial charge in [-0.05, 0) is 25.7 Å². The van der Waals surface area contributed by atoms with Crippen molar-refractivity contribution in [3.8, 4) is 0 Å². The molecule has 3 N–H and O–H groups in total. The van der Waals surface area contributed by atoms with Crippen LogP contribution in [-0.4, -0.2) is 30.6 Å². The first-order chi connectivity index (χ1) is 7.57. The molecule has 0 unspecified atom stereocenters. The Labute approximate surface area is 94.7 Å². The first-order valence-electron chi connectivity index (χ1n) is 5.72. The predicted molar refractivity (Wildman–Crippen MR) is 57.4 cm³/mol. The summed E-state index contributed by atoms with van der Waals surface area (Å²) in [6.07, 6.45) is 3.54. The molecule has 90 valence electrons. The van der Waals surface area contributed by atoms with Crippen LogP contribution in [-0.2, 0) is 14.3 Å². The second kappa shape index (κ2) is 4.05. The van der Waals surface area contributed by atoms with Crippen LogP contribution in [0.15, 0.2) is 0 Å². The minimum atomic E-state index is -0.254. The van der Waals surface area contributed by atoms with E-state index in [1.807, 2.05) is 0 Å². The van der Waals surface area contributed by atoms with Crippen molar-refractivity contribution in [3.05, 3.63) is 0 Å². The molecule has 0 aromatic heterocycles. The van der Waals surface area contributed by atoms with Crippen LogP contribution >= 0.6 is 0 Å². The molecule has 2 aliphatic rings. The van der Waals surface area contributed by atoms with Crippen LogP contribution in [0.2, 0.25) is 0 Å². The molecule has 3 atom stereocenters. The third-order valence-corrected chi connectivity index (χ3v) is 3.74. The number of hydrogen-bond donors (Lipinski definition) is 2. The number of methoxy groups -OCH3 is 1. The SMILES string of the molecule is COC(=O)CC[C@@H]1CC[C@@]2(C[C@@H]2N)NC1=O. The maximum absolute atomic E-state index is 11.8. The van der Waals surface area contributed by atoms with Gasteiger partial charge in [0, 0.05) is 18.4 Å². The van der Waals surface area contributed by atoms with Crippen LogP contribution in [0, 0.1) is 5.92 Å². The molecule has 1 saturated carbocycles. The van der Waals surface area contributed by atoms with Crippen LogP contribution in [0.3, 0.4) is 0 Å². The number of rotatable bonds is 3. The minimum absolute atomic E-state index is 0.0445. The number of piperidine rings is 1. The first kappa shape index (κ1) is 11.4. The average Bonchev–Trinajstić information content (AvgIpc) is 2.86. The fourth-order valence-electron chi connectivity index (χ4n) is 2.41. The summed E-state index contributed by atoms with van der Waals surface area (Å²) in [5.74, 6) is -0.267. The third kappa shape index (κ3) is 2.04. The van der Waals surface area contributed by atoms with E-state index in [2.05, 4.69) is 10.1 Å². The van der Waals surface area contributed by atoms with E-state index >= 15 is 0 Å². The van der Waals surface area contributed by atoms with Gasteiger partial charge in [-0.2, -0.15) is 0 Å². The normalized spacial score (nSPS) is 37.0. The van der Waals surface area contributed by atoms with Gasteiger partial charge in [0.2, 0.25) is 5.91 Å². The molecule has 1 aliphatic heterocycles. The van der Waals surface area contributed by atoms with Crippen molar-refractivity contribution in [1.29, 1.82) is 0 Å².